The predicted octanol–water partition coefficient (Wildman–Crippen LogP) is 4.87. The first-order chi connectivity index (χ1) is 14.2. The average Bonchev–Trinajstić information content (AvgIpc) is 2.69. The van der Waals surface area contributed by atoms with Crippen molar-refractivity contribution >= 4 is 49.1 Å². The number of amides is 1. The second-order valence-corrected chi connectivity index (χ2v) is 10.0. The fraction of sp³-hybridized carbons (Fsp3) is 0.350. The monoisotopic (exact) mass is 518 g/mol. The van der Waals surface area contributed by atoms with Gasteiger partial charge in [0.1, 0.15) is 11.6 Å². The number of hydrogen-bond acceptors (Lipinski definition) is 4. The number of carbonyl (C=O) groups excluding carboxylic acids is 1. The van der Waals surface area contributed by atoms with Crippen LogP contribution in [0, 0.1) is 5.82 Å². The van der Waals surface area contributed by atoms with E-state index in [9.17, 15) is 17.6 Å². The van der Waals surface area contributed by atoms with Gasteiger partial charge >= 0.3 is 0 Å². The third-order valence-corrected chi connectivity index (χ3v) is 7.01. The number of benzene rings is 2. The van der Waals surface area contributed by atoms with Gasteiger partial charge in [0.05, 0.1) is 15.6 Å². The van der Waals surface area contributed by atoms with Crippen LogP contribution in [0.15, 0.2) is 45.8 Å². The molecule has 162 valence electrons. The number of anilines is 1. The minimum atomic E-state index is -3.69. The Morgan fingerprint density at radius 1 is 1.17 bits per heavy atom. The molecule has 1 fully saturated rings. The fourth-order valence-electron chi connectivity index (χ4n) is 3.19. The normalized spacial score (nSPS) is 15.0. The molecule has 0 aromatic heterocycles. The van der Waals surface area contributed by atoms with Crippen molar-refractivity contribution in [1.29, 1.82) is 0 Å². The van der Waals surface area contributed by atoms with E-state index in [1.165, 1.54) is 30.3 Å². The number of hydrogen-bond donors (Lipinski definition) is 2. The molecule has 3 rings (SSSR count). The highest BCUT2D eigenvalue weighted by Crippen LogP contribution is 2.28. The molecule has 0 aliphatic heterocycles. The summed E-state index contributed by atoms with van der Waals surface area (Å²) in [5.41, 5.74) is 0.0214. The van der Waals surface area contributed by atoms with Crippen LogP contribution in [0.3, 0.4) is 0 Å². The summed E-state index contributed by atoms with van der Waals surface area (Å²) >= 11 is 9.29. The van der Waals surface area contributed by atoms with Crippen molar-refractivity contribution in [1.82, 2.24) is 4.72 Å². The SMILES string of the molecule is O=C(COc1ccc(S(=O)(=O)NC2CCCCC2)cc1Cl)Nc1ccc(Br)cc1F. The molecule has 10 heteroatoms. The largest absolute Gasteiger partial charge is 0.482 e. The van der Waals surface area contributed by atoms with Crippen LogP contribution in [-0.4, -0.2) is 27.0 Å². The third-order valence-electron chi connectivity index (χ3n) is 4.70. The van der Waals surface area contributed by atoms with Crippen LogP contribution in [0.1, 0.15) is 32.1 Å². The highest BCUT2D eigenvalue weighted by atomic mass is 79.9. The standard InChI is InChI=1S/C20H21BrClFN2O4S/c21-13-6-8-18(17(23)10-13)24-20(26)12-29-19-9-7-15(11-16(19)22)30(27,28)25-14-4-2-1-3-5-14/h6-11,14,25H,1-5,12H2,(H,24,26). The van der Waals surface area contributed by atoms with E-state index in [0.717, 1.165) is 32.1 Å². The average molecular weight is 520 g/mol. The second-order valence-electron chi connectivity index (χ2n) is 7.01. The van der Waals surface area contributed by atoms with E-state index in [2.05, 4.69) is 26.0 Å². The lowest BCUT2D eigenvalue weighted by Crippen LogP contribution is -2.36. The van der Waals surface area contributed by atoms with Crippen LogP contribution in [0.4, 0.5) is 10.1 Å². The molecule has 2 aromatic carbocycles. The molecule has 0 radical (unpaired) electrons. The molecule has 6 nitrogen and oxygen atoms in total. The summed E-state index contributed by atoms with van der Waals surface area (Å²) in [4.78, 5) is 12.1. The molecule has 0 saturated heterocycles. The number of carbonyl (C=O) groups is 1. The number of sulfonamides is 1. The van der Waals surface area contributed by atoms with E-state index < -0.39 is 28.4 Å². The second kappa shape index (κ2) is 10.1. The van der Waals surface area contributed by atoms with Crippen molar-refractivity contribution < 1.29 is 22.3 Å². The molecule has 1 aliphatic rings. The van der Waals surface area contributed by atoms with Crippen molar-refractivity contribution in [3.05, 3.63) is 51.7 Å². The van der Waals surface area contributed by atoms with Crippen molar-refractivity contribution in [2.24, 2.45) is 0 Å². The lowest BCUT2D eigenvalue weighted by molar-refractivity contribution is -0.118. The van der Waals surface area contributed by atoms with Crippen molar-refractivity contribution in [3.63, 3.8) is 0 Å². The van der Waals surface area contributed by atoms with E-state index in [-0.39, 0.29) is 27.4 Å². The van der Waals surface area contributed by atoms with Crippen LogP contribution in [0.25, 0.3) is 0 Å². The maximum Gasteiger partial charge on any atom is 0.262 e. The van der Waals surface area contributed by atoms with Gasteiger partial charge in [-0.15, -0.1) is 0 Å². The van der Waals surface area contributed by atoms with E-state index >= 15 is 0 Å². The van der Waals surface area contributed by atoms with Gasteiger partial charge in [-0.05, 0) is 49.2 Å². The molecule has 2 N–H and O–H groups in total. The maximum atomic E-state index is 13.8. The van der Waals surface area contributed by atoms with Crippen molar-refractivity contribution in [2.75, 3.05) is 11.9 Å². The van der Waals surface area contributed by atoms with Gasteiger partial charge in [0.15, 0.2) is 6.61 Å². The van der Waals surface area contributed by atoms with E-state index in [0.29, 0.717) is 4.47 Å². The quantitative estimate of drug-likeness (QED) is 0.547. The maximum absolute atomic E-state index is 13.8. The first-order valence-electron chi connectivity index (χ1n) is 9.44. The van der Waals surface area contributed by atoms with Crippen molar-refractivity contribution in [3.8, 4) is 5.75 Å². The molecule has 0 heterocycles. The number of rotatable bonds is 7. The number of halogens is 3. The van der Waals surface area contributed by atoms with E-state index in [4.69, 9.17) is 16.3 Å². The Morgan fingerprint density at radius 3 is 2.57 bits per heavy atom. The summed E-state index contributed by atoms with van der Waals surface area (Å²) in [5.74, 6) is -1.02. The number of nitrogens with one attached hydrogen (secondary N) is 2. The summed E-state index contributed by atoms with van der Waals surface area (Å²) in [6.45, 7) is -0.415. The Labute approximate surface area is 188 Å². The lowest BCUT2D eigenvalue weighted by atomic mass is 9.96. The summed E-state index contributed by atoms with van der Waals surface area (Å²) in [6, 6.07) is 8.23. The van der Waals surface area contributed by atoms with Crippen LogP contribution < -0.4 is 14.8 Å². The van der Waals surface area contributed by atoms with Gasteiger partial charge in [-0.1, -0.05) is 46.8 Å². The molecule has 0 bridgehead atoms. The van der Waals surface area contributed by atoms with Crippen LogP contribution in [0.5, 0.6) is 5.75 Å². The Kier molecular flexibility index (Phi) is 7.73. The summed E-state index contributed by atoms with van der Waals surface area (Å²) < 4.78 is 47.6. The van der Waals surface area contributed by atoms with Gasteiger partial charge in [-0.2, -0.15) is 0 Å². The molecule has 1 saturated carbocycles. The Balaban J connectivity index is 1.60. The molecule has 2 aromatic rings. The lowest BCUT2D eigenvalue weighted by Gasteiger charge is -2.22. The predicted molar refractivity (Wildman–Crippen MR) is 117 cm³/mol. The first-order valence-corrected chi connectivity index (χ1v) is 12.1. The van der Waals surface area contributed by atoms with Gasteiger partial charge < -0.3 is 10.1 Å². The molecule has 1 aliphatic carbocycles. The summed E-state index contributed by atoms with van der Waals surface area (Å²) in [6.07, 6.45) is 4.78. The Morgan fingerprint density at radius 2 is 1.90 bits per heavy atom. The highest BCUT2D eigenvalue weighted by molar-refractivity contribution is 9.10. The Bertz CT molecular complexity index is 1030. The molecule has 30 heavy (non-hydrogen) atoms. The fourth-order valence-corrected chi connectivity index (χ4v) is 5.16. The summed E-state index contributed by atoms with van der Waals surface area (Å²) in [7, 11) is -3.69. The van der Waals surface area contributed by atoms with Gasteiger partial charge in [0.2, 0.25) is 10.0 Å². The highest BCUT2D eigenvalue weighted by Gasteiger charge is 2.22. The zero-order valence-electron chi connectivity index (χ0n) is 16.0. The minimum Gasteiger partial charge on any atom is -0.482 e. The zero-order chi connectivity index (χ0) is 21.7. The molecule has 0 spiro atoms. The van der Waals surface area contributed by atoms with Crippen LogP contribution >= 0.6 is 27.5 Å². The van der Waals surface area contributed by atoms with Gasteiger partial charge in [-0.3, -0.25) is 4.79 Å². The molecular weight excluding hydrogens is 499 g/mol. The van der Waals surface area contributed by atoms with E-state index in [1.807, 2.05) is 0 Å². The molecule has 0 atom stereocenters. The third kappa shape index (κ3) is 6.16. The van der Waals surface area contributed by atoms with Crippen LogP contribution in [0.2, 0.25) is 5.02 Å². The van der Waals surface area contributed by atoms with Gasteiger partial charge in [-0.25, -0.2) is 17.5 Å². The van der Waals surface area contributed by atoms with Crippen LogP contribution in [-0.2, 0) is 14.8 Å². The minimum absolute atomic E-state index is 0.0214. The first kappa shape index (κ1) is 23.0. The topological polar surface area (TPSA) is 84.5 Å². The van der Waals surface area contributed by atoms with E-state index in [1.54, 1.807) is 6.07 Å². The smallest absolute Gasteiger partial charge is 0.262 e. The zero-order valence-corrected chi connectivity index (χ0v) is 19.1. The van der Waals surface area contributed by atoms with Gasteiger partial charge in [0.25, 0.3) is 5.91 Å². The molecule has 1 amide bonds. The van der Waals surface area contributed by atoms with Gasteiger partial charge in [0, 0.05) is 10.5 Å². The summed E-state index contributed by atoms with van der Waals surface area (Å²) in [5, 5.41) is 2.46. The molecular formula is C20H21BrClFN2O4S. The molecule has 0 unspecified atom stereocenters. The van der Waals surface area contributed by atoms with Crippen molar-refractivity contribution in [2.45, 2.75) is 43.0 Å². The number of ether oxygens (including phenoxy) is 1. The Hall–Kier alpha value is -1.68.